The highest BCUT2D eigenvalue weighted by atomic mass is 16.3. The molecule has 3 atom stereocenters. The zero-order valence-electron chi connectivity index (χ0n) is 18.8. The minimum absolute atomic E-state index is 0.00878. The molecule has 166 valence electrons. The highest BCUT2D eigenvalue weighted by Crippen LogP contribution is 2.53. The molecule has 1 amide bonds. The quantitative estimate of drug-likeness (QED) is 0.393. The van der Waals surface area contributed by atoms with Crippen molar-refractivity contribution in [3.05, 3.63) is 107 Å². The Morgan fingerprint density at radius 3 is 1.67 bits per heavy atom. The van der Waals surface area contributed by atoms with Crippen LogP contribution in [0.4, 0.5) is 0 Å². The maximum Gasteiger partial charge on any atom is 0.226 e. The molecule has 5 rings (SSSR count). The number of carbonyl (C=O) groups is 1. The number of hydrogen-bond acceptors (Lipinski definition) is 3. The first-order chi connectivity index (χ1) is 16.0. The van der Waals surface area contributed by atoms with Gasteiger partial charge in [-0.05, 0) is 35.1 Å². The van der Waals surface area contributed by atoms with E-state index in [9.17, 15) is 15.0 Å². The van der Waals surface area contributed by atoms with Crippen LogP contribution >= 0.6 is 0 Å². The van der Waals surface area contributed by atoms with Gasteiger partial charge in [-0.15, -0.1) is 0 Å². The summed E-state index contributed by atoms with van der Waals surface area (Å²) in [7, 11) is 0. The number of hydrogen-bond donors (Lipinski definition) is 2. The van der Waals surface area contributed by atoms with Gasteiger partial charge in [-0.25, -0.2) is 0 Å². The van der Waals surface area contributed by atoms with Crippen LogP contribution in [0.25, 0.3) is 10.8 Å². The summed E-state index contributed by atoms with van der Waals surface area (Å²) in [5, 5.41) is 24.0. The van der Waals surface area contributed by atoms with Gasteiger partial charge in [0.2, 0.25) is 5.91 Å². The largest absolute Gasteiger partial charge is 0.508 e. The third-order valence-corrected chi connectivity index (χ3v) is 6.84. The normalized spacial score (nSPS) is 18.3. The monoisotopic (exact) mass is 437 g/mol. The topological polar surface area (TPSA) is 60.8 Å². The van der Waals surface area contributed by atoms with E-state index < -0.39 is 12.1 Å². The van der Waals surface area contributed by atoms with Crippen LogP contribution in [0.3, 0.4) is 0 Å². The standard InChI is InChI=1S/C29H27NO3/c1-3-18(2)29(33)30-27(20-10-6-4-7-11-20)25-22(31)16-14-19-15-17-23(32)26(24(19)25)28(30)21-12-8-5-9-13-21/h4-18,27-28,31-32H,3H2,1-2H3. The van der Waals surface area contributed by atoms with Crippen molar-refractivity contribution in [1.29, 1.82) is 0 Å². The number of rotatable bonds is 4. The Bertz CT molecular complexity index is 1230. The maximum atomic E-state index is 14.0. The van der Waals surface area contributed by atoms with Gasteiger partial charge in [0, 0.05) is 22.4 Å². The van der Waals surface area contributed by atoms with Crippen molar-refractivity contribution in [2.45, 2.75) is 32.4 Å². The Morgan fingerprint density at radius 1 is 0.788 bits per heavy atom. The Kier molecular flexibility index (Phi) is 5.29. The van der Waals surface area contributed by atoms with Crippen LogP contribution in [-0.4, -0.2) is 21.0 Å². The van der Waals surface area contributed by atoms with E-state index >= 15 is 0 Å². The van der Waals surface area contributed by atoms with Crippen LogP contribution in [0.1, 0.15) is 54.6 Å². The number of nitrogens with zero attached hydrogens (tertiary/aromatic N) is 1. The zero-order valence-corrected chi connectivity index (χ0v) is 18.8. The minimum Gasteiger partial charge on any atom is -0.508 e. The molecule has 2 N–H and O–H groups in total. The summed E-state index contributed by atoms with van der Waals surface area (Å²) in [4.78, 5) is 15.9. The fourth-order valence-electron chi connectivity index (χ4n) is 5.04. The summed E-state index contributed by atoms with van der Waals surface area (Å²) in [5.74, 6) is 0.0232. The predicted octanol–water partition coefficient (Wildman–Crippen LogP) is 6.32. The molecule has 1 aliphatic rings. The Morgan fingerprint density at radius 2 is 1.24 bits per heavy atom. The molecular formula is C29H27NO3. The van der Waals surface area contributed by atoms with E-state index in [0.29, 0.717) is 17.5 Å². The summed E-state index contributed by atoms with van der Waals surface area (Å²) in [6.07, 6.45) is 0.697. The minimum atomic E-state index is -0.490. The van der Waals surface area contributed by atoms with Crippen molar-refractivity contribution in [2.75, 3.05) is 0 Å². The molecule has 4 aromatic rings. The van der Waals surface area contributed by atoms with Crippen LogP contribution in [0, 0.1) is 5.92 Å². The third-order valence-electron chi connectivity index (χ3n) is 6.84. The van der Waals surface area contributed by atoms with E-state index in [1.165, 1.54) is 0 Å². The molecule has 0 aliphatic carbocycles. The maximum absolute atomic E-state index is 14.0. The molecule has 0 saturated carbocycles. The third kappa shape index (κ3) is 3.34. The second-order valence-corrected chi connectivity index (χ2v) is 8.78. The molecule has 1 heterocycles. The number of carbonyl (C=O) groups excluding carboxylic acids is 1. The Hall–Kier alpha value is -3.79. The molecule has 1 aliphatic heterocycles. The number of benzene rings is 4. The molecule has 0 aromatic heterocycles. The Balaban J connectivity index is 1.93. The lowest BCUT2D eigenvalue weighted by Gasteiger charge is -2.45. The predicted molar refractivity (Wildman–Crippen MR) is 130 cm³/mol. The number of aromatic hydroxyl groups is 2. The van der Waals surface area contributed by atoms with Gasteiger partial charge in [0.15, 0.2) is 0 Å². The second kappa shape index (κ2) is 8.28. The molecule has 3 unspecified atom stereocenters. The first-order valence-corrected chi connectivity index (χ1v) is 11.4. The molecule has 4 nitrogen and oxygen atoms in total. The van der Waals surface area contributed by atoms with Crippen LogP contribution < -0.4 is 0 Å². The van der Waals surface area contributed by atoms with Gasteiger partial charge >= 0.3 is 0 Å². The van der Waals surface area contributed by atoms with Crippen molar-refractivity contribution in [2.24, 2.45) is 5.92 Å². The molecule has 0 radical (unpaired) electrons. The summed E-state index contributed by atoms with van der Waals surface area (Å²) in [6, 6.07) is 25.8. The molecule has 0 fully saturated rings. The fraction of sp³-hybridized carbons (Fsp3) is 0.207. The average Bonchev–Trinajstić information content (AvgIpc) is 2.86. The second-order valence-electron chi connectivity index (χ2n) is 8.78. The molecule has 0 bridgehead atoms. The molecule has 4 aromatic carbocycles. The van der Waals surface area contributed by atoms with E-state index in [0.717, 1.165) is 21.9 Å². The van der Waals surface area contributed by atoms with Gasteiger partial charge in [0.25, 0.3) is 0 Å². The zero-order chi connectivity index (χ0) is 23.1. The van der Waals surface area contributed by atoms with E-state index in [1.54, 1.807) is 12.1 Å². The van der Waals surface area contributed by atoms with Crippen molar-refractivity contribution in [3.8, 4) is 11.5 Å². The fourth-order valence-corrected chi connectivity index (χ4v) is 5.04. The van der Waals surface area contributed by atoms with Gasteiger partial charge in [-0.3, -0.25) is 4.79 Å². The number of phenols is 2. The van der Waals surface area contributed by atoms with Gasteiger partial charge in [0.1, 0.15) is 11.5 Å². The highest BCUT2D eigenvalue weighted by Gasteiger charge is 2.43. The van der Waals surface area contributed by atoms with E-state index in [2.05, 4.69) is 0 Å². The van der Waals surface area contributed by atoms with E-state index in [1.807, 2.05) is 91.5 Å². The van der Waals surface area contributed by atoms with E-state index in [4.69, 9.17) is 0 Å². The molecule has 0 saturated heterocycles. The first kappa shape index (κ1) is 21.1. The first-order valence-electron chi connectivity index (χ1n) is 11.4. The SMILES string of the molecule is CCC(C)C(=O)N1C(c2ccccc2)c2c(O)ccc3ccc(O)c(c23)C1c1ccccc1. The van der Waals surface area contributed by atoms with Gasteiger partial charge in [0.05, 0.1) is 12.1 Å². The average molecular weight is 438 g/mol. The Labute approximate surface area is 193 Å². The number of phenolic OH excluding ortho intramolecular Hbond substituents is 2. The van der Waals surface area contributed by atoms with Crippen molar-refractivity contribution < 1.29 is 15.0 Å². The van der Waals surface area contributed by atoms with Gasteiger partial charge in [-0.1, -0.05) is 86.6 Å². The smallest absolute Gasteiger partial charge is 0.226 e. The molecule has 4 heteroatoms. The van der Waals surface area contributed by atoms with Gasteiger partial charge < -0.3 is 15.1 Å². The van der Waals surface area contributed by atoms with Crippen LogP contribution in [0.5, 0.6) is 11.5 Å². The molecular weight excluding hydrogens is 410 g/mol. The summed E-state index contributed by atoms with van der Waals surface area (Å²) in [5.41, 5.74) is 3.17. The summed E-state index contributed by atoms with van der Waals surface area (Å²) >= 11 is 0. The lowest BCUT2D eigenvalue weighted by Crippen LogP contribution is -2.44. The highest BCUT2D eigenvalue weighted by molar-refractivity contribution is 5.97. The van der Waals surface area contributed by atoms with Gasteiger partial charge in [-0.2, -0.15) is 0 Å². The van der Waals surface area contributed by atoms with E-state index in [-0.39, 0.29) is 23.3 Å². The molecule has 33 heavy (non-hydrogen) atoms. The van der Waals surface area contributed by atoms with Crippen LogP contribution in [0.15, 0.2) is 84.9 Å². The summed E-state index contributed by atoms with van der Waals surface area (Å²) in [6.45, 7) is 3.94. The van der Waals surface area contributed by atoms with Crippen molar-refractivity contribution >= 4 is 16.7 Å². The lowest BCUT2D eigenvalue weighted by molar-refractivity contribution is -0.139. The summed E-state index contributed by atoms with van der Waals surface area (Å²) < 4.78 is 0. The number of amides is 1. The van der Waals surface area contributed by atoms with Crippen LogP contribution in [-0.2, 0) is 4.79 Å². The van der Waals surface area contributed by atoms with Crippen molar-refractivity contribution in [3.63, 3.8) is 0 Å². The lowest BCUT2D eigenvalue weighted by atomic mass is 9.79. The van der Waals surface area contributed by atoms with Crippen molar-refractivity contribution in [1.82, 2.24) is 4.90 Å². The van der Waals surface area contributed by atoms with Crippen LogP contribution in [0.2, 0.25) is 0 Å². The molecule has 0 spiro atoms.